The van der Waals surface area contributed by atoms with Gasteiger partial charge in [-0.2, -0.15) is 0 Å². The zero-order valence-electron chi connectivity index (χ0n) is 11.6. The lowest BCUT2D eigenvalue weighted by molar-refractivity contribution is -0.119. The number of hydrogen-bond donors (Lipinski definition) is 1. The molecule has 0 aliphatic carbocycles. The SMILES string of the molecule is COc1cccc2c(N3C[C@H](F)C[C@H]3C(N)=O)ccnc12. The van der Waals surface area contributed by atoms with Gasteiger partial charge in [0.1, 0.15) is 23.5 Å². The molecule has 3 rings (SSSR count). The van der Waals surface area contributed by atoms with Crippen molar-refractivity contribution in [1.29, 1.82) is 0 Å². The second-order valence-electron chi connectivity index (χ2n) is 5.09. The Bertz CT molecular complexity index is 692. The van der Waals surface area contributed by atoms with Gasteiger partial charge in [0.2, 0.25) is 5.91 Å². The first-order valence-corrected chi connectivity index (χ1v) is 6.73. The summed E-state index contributed by atoms with van der Waals surface area (Å²) >= 11 is 0. The van der Waals surface area contributed by atoms with Crippen molar-refractivity contribution >= 4 is 22.5 Å². The summed E-state index contributed by atoms with van der Waals surface area (Å²) in [6.45, 7) is 0.157. The molecule has 0 unspecified atom stereocenters. The lowest BCUT2D eigenvalue weighted by atomic mass is 10.1. The number of nitrogens with two attached hydrogens (primary N) is 1. The number of halogens is 1. The second kappa shape index (κ2) is 5.20. The third kappa shape index (κ3) is 2.26. The van der Waals surface area contributed by atoms with Crippen LogP contribution in [0.3, 0.4) is 0 Å². The minimum Gasteiger partial charge on any atom is -0.494 e. The Morgan fingerprint density at radius 2 is 2.29 bits per heavy atom. The number of nitrogens with zero attached hydrogens (tertiary/aromatic N) is 2. The Hall–Kier alpha value is -2.37. The highest BCUT2D eigenvalue weighted by atomic mass is 19.1. The first kappa shape index (κ1) is 13.6. The molecule has 0 bridgehead atoms. The van der Waals surface area contributed by atoms with Crippen LogP contribution < -0.4 is 15.4 Å². The summed E-state index contributed by atoms with van der Waals surface area (Å²) in [7, 11) is 1.57. The van der Waals surface area contributed by atoms with Crippen LogP contribution in [0.4, 0.5) is 10.1 Å². The van der Waals surface area contributed by atoms with Gasteiger partial charge in [-0.15, -0.1) is 0 Å². The van der Waals surface area contributed by atoms with Crippen molar-refractivity contribution in [2.45, 2.75) is 18.6 Å². The largest absolute Gasteiger partial charge is 0.494 e. The zero-order valence-corrected chi connectivity index (χ0v) is 11.6. The van der Waals surface area contributed by atoms with E-state index in [0.29, 0.717) is 11.3 Å². The highest BCUT2D eigenvalue weighted by molar-refractivity contribution is 5.97. The number of alkyl halides is 1. The Morgan fingerprint density at radius 1 is 1.48 bits per heavy atom. The van der Waals surface area contributed by atoms with Gasteiger partial charge in [0, 0.05) is 23.7 Å². The zero-order chi connectivity index (χ0) is 15.0. The number of anilines is 1. The molecule has 110 valence electrons. The molecule has 1 fully saturated rings. The third-order valence-corrected chi connectivity index (χ3v) is 3.82. The number of pyridine rings is 1. The van der Waals surface area contributed by atoms with E-state index in [4.69, 9.17) is 10.5 Å². The summed E-state index contributed by atoms with van der Waals surface area (Å²) in [5.74, 6) is 0.129. The van der Waals surface area contributed by atoms with Gasteiger partial charge in [-0.1, -0.05) is 12.1 Å². The van der Waals surface area contributed by atoms with Crippen molar-refractivity contribution in [3.05, 3.63) is 30.5 Å². The van der Waals surface area contributed by atoms with E-state index in [9.17, 15) is 9.18 Å². The lowest BCUT2D eigenvalue weighted by Gasteiger charge is -2.25. The number of methoxy groups -OCH3 is 1. The molecule has 1 aromatic heterocycles. The Kier molecular flexibility index (Phi) is 3.37. The molecule has 2 aromatic rings. The smallest absolute Gasteiger partial charge is 0.240 e. The molecule has 2 N–H and O–H groups in total. The number of ether oxygens (including phenoxy) is 1. The molecule has 1 saturated heterocycles. The summed E-state index contributed by atoms with van der Waals surface area (Å²) in [4.78, 5) is 17.6. The van der Waals surface area contributed by atoms with E-state index >= 15 is 0 Å². The average Bonchev–Trinajstić information content (AvgIpc) is 2.88. The summed E-state index contributed by atoms with van der Waals surface area (Å²) in [5.41, 5.74) is 6.84. The molecule has 1 amide bonds. The highest BCUT2D eigenvalue weighted by Crippen LogP contribution is 2.35. The number of para-hydroxylation sites is 1. The van der Waals surface area contributed by atoms with Crippen LogP contribution in [0.5, 0.6) is 5.75 Å². The highest BCUT2D eigenvalue weighted by Gasteiger charge is 2.36. The molecule has 6 heteroatoms. The Labute approximate surface area is 121 Å². The van der Waals surface area contributed by atoms with E-state index in [1.54, 1.807) is 24.3 Å². The van der Waals surface area contributed by atoms with Crippen molar-refractivity contribution < 1.29 is 13.9 Å². The van der Waals surface area contributed by atoms with E-state index in [1.807, 2.05) is 18.2 Å². The van der Waals surface area contributed by atoms with Crippen LogP contribution >= 0.6 is 0 Å². The fourth-order valence-corrected chi connectivity index (χ4v) is 2.87. The first-order valence-electron chi connectivity index (χ1n) is 6.73. The number of fused-ring (bicyclic) bond motifs is 1. The molecule has 0 spiro atoms. The standard InChI is InChI=1S/C15H16FN3O2/c1-21-13-4-2-3-10-11(5-6-18-14(10)13)19-8-9(16)7-12(19)15(17)20/h2-6,9,12H,7-8H2,1H3,(H2,17,20)/t9-,12+/m1/s1. The van der Waals surface area contributed by atoms with Gasteiger partial charge in [-0.05, 0) is 12.1 Å². The number of aromatic nitrogens is 1. The van der Waals surface area contributed by atoms with Crippen LogP contribution in [-0.4, -0.2) is 36.8 Å². The monoisotopic (exact) mass is 289 g/mol. The molecule has 1 aromatic carbocycles. The van der Waals surface area contributed by atoms with E-state index in [1.165, 1.54) is 0 Å². The quantitative estimate of drug-likeness (QED) is 0.932. The normalized spacial score (nSPS) is 21.7. The number of amides is 1. The maximum atomic E-state index is 13.7. The van der Waals surface area contributed by atoms with E-state index in [-0.39, 0.29) is 13.0 Å². The van der Waals surface area contributed by atoms with E-state index in [2.05, 4.69) is 4.98 Å². The van der Waals surface area contributed by atoms with Gasteiger partial charge >= 0.3 is 0 Å². The second-order valence-corrected chi connectivity index (χ2v) is 5.09. The number of carbonyl (C=O) groups excluding carboxylic acids is 1. The predicted molar refractivity (Wildman–Crippen MR) is 78.1 cm³/mol. The number of hydrogen-bond acceptors (Lipinski definition) is 4. The van der Waals surface area contributed by atoms with Crippen LogP contribution in [0.1, 0.15) is 6.42 Å². The molecular weight excluding hydrogens is 273 g/mol. The minimum absolute atomic E-state index is 0.128. The molecule has 0 radical (unpaired) electrons. The summed E-state index contributed by atoms with van der Waals surface area (Å²) in [6.07, 6.45) is 0.698. The topological polar surface area (TPSA) is 68.5 Å². The summed E-state index contributed by atoms with van der Waals surface area (Å²) in [6, 6.07) is 6.68. The summed E-state index contributed by atoms with van der Waals surface area (Å²) < 4.78 is 19.0. The van der Waals surface area contributed by atoms with Crippen LogP contribution in [0.15, 0.2) is 30.5 Å². The lowest BCUT2D eigenvalue weighted by Crippen LogP contribution is -2.40. The van der Waals surface area contributed by atoms with Gasteiger partial charge in [0.05, 0.1) is 13.7 Å². The molecule has 5 nitrogen and oxygen atoms in total. The van der Waals surface area contributed by atoms with Gasteiger partial charge < -0.3 is 15.4 Å². The van der Waals surface area contributed by atoms with Crippen LogP contribution in [0.2, 0.25) is 0 Å². The fourth-order valence-electron chi connectivity index (χ4n) is 2.87. The van der Waals surface area contributed by atoms with E-state index in [0.717, 1.165) is 11.1 Å². The van der Waals surface area contributed by atoms with Crippen molar-refractivity contribution in [2.75, 3.05) is 18.6 Å². The van der Waals surface area contributed by atoms with Crippen molar-refractivity contribution in [3.8, 4) is 5.75 Å². The van der Waals surface area contributed by atoms with Gasteiger partial charge in [-0.25, -0.2) is 4.39 Å². The van der Waals surface area contributed by atoms with Crippen LogP contribution in [0.25, 0.3) is 10.9 Å². The Morgan fingerprint density at radius 3 is 3.00 bits per heavy atom. The van der Waals surface area contributed by atoms with Gasteiger partial charge in [0.15, 0.2) is 0 Å². The van der Waals surface area contributed by atoms with Crippen LogP contribution in [-0.2, 0) is 4.79 Å². The number of rotatable bonds is 3. The van der Waals surface area contributed by atoms with Crippen LogP contribution in [0, 0.1) is 0 Å². The molecule has 2 atom stereocenters. The van der Waals surface area contributed by atoms with Gasteiger partial charge in [0.25, 0.3) is 0 Å². The maximum Gasteiger partial charge on any atom is 0.240 e. The molecule has 1 aliphatic rings. The minimum atomic E-state index is -1.06. The van der Waals surface area contributed by atoms with Crippen molar-refractivity contribution in [2.24, 2.45) is 5.73 Å². The number of carbonyl (C=O) groups is 1. The van der Waals surface area contributed by atoms with E-state index < -0.39 is 18.1 Å². The first-order chi connectivity index (χ1) is 10.1. The number of benzene rings is 1. The molecule has 0 saturated carbocycles. The molecular formula is C15H16FN3O2. The fraction of sp³-hybridized carbons (Fsp3) is 0.333. The van der Waals surface area contributed by atoms with Gasteiger partial charge in [-0.3, -0.25) is 9.78 Å². The molecule has 2 heterocycles. The van der Waals surface area contributed by atoms with Crippen molar-refractivity contribution in [3.63, 3.8) is 0 Å². The summed E-state index contributed by atoms with van der Waals surface area (Å²) in [5, 5.41) is 0.817. The number of primary amides is 1. The predicted octanol–water partition coefficient (Wildman–Crippen LogP) is 1.65. The molecule has 21 heavy (non-hydrogen) atoms. The molecule has 1 aliphatic heterocycles. The third-order valence-electron chi connectivity index (χ3n) is 3.82. The Balaban J connectivity index is 2.14. The van der Waals surface area contributed by atoms with Crippen molar-refractivity contribution in [1.82, 2.24) is 4.98 Å². The maximum absolute atomic E-state index is 13.7. The average molecular weight is 289 g/mol.